The Kier molecular flexibility index (Phi) is 3.40. The molecule has 0 N–H and O–H groups in total. The Morgan fingerprint density at radius 1 is 1.10 bits per heavy atom. The lowest BCUT2D eigenvalue weighted by Gasteiger charge is -2.08. The highest BCUT2D eigenvalue weighted by Crippen LogP contribution is 2.27. The molecular formula is C14H12ClNO3S. The molecule has 3 rings (SSSR count). The molecule has 1 aromatic heterocycles. The first-order chi connectivity index (χ1) is 9.54. The van der Waals surface area contributed by atoms with Crippen LogP contribution in [0.1, 0.15) is 17.5 Å². The monoisotopic (exact) mass is 309 g/mol. The van der Waals surface area contributed by atoms with E-state index in [9.17, 15) is 8.42 Å². The number of fused-ring (bicyclic) bond motifs is 1. The molecular weight excluding hydrogens is 298 g/mol. The number of rotatable bonds is 3. The van der Waals surface area contributed by atoms with Crippen LogP contribution in [-0.2, 0) is 23.0 Å². The quantitative estimate of drug-likeness (QED) is 0.646. The first-order valence-corrected chi connectivity index (χ1v) is 8.01. The van der Waals surface area contributed by atoms with Crippen molar-refractivity contribution in [2.24, 2.45) is 0 Å². The van der Waals surface area contributed by atoms with Crippen molar-refractivity contribution in [3.05, 3.63) is 52.8 Å². The summed E-state index contributed by atoms with van der Waals surface area (Å²) in [5.74, 6) is 0.334. The van der Waals surface area contributed by atoms with Gasteiger partial charge in [-0.3, -0.25) is 0 Å². The number of hydrogen-bond acceptors (Lipinski definition) is 4. The minimum absolute atomic E-state index is 0.0117. The normalized spacial score (nSPS) is 14.1. The first-order valence-electron chi connectivity index (χ1n) is 6.22. The standard InChI is InChI=1S/C14H12ClNO3S/c15-14-7-6-13(9-16-14)20(17,18)19-12-5-4-10-2-1-3-11(10)8-12/h4-9H,1-3H2. The molecule has 0 saturated carbocycles. The minimum atomic E-state index is -3.87. The number of aromatic nitrogens is 1. The average Bonchev–Trinajstić information content (AvgIpc) is 2.86. The summed E-state index contributed by atoms with van der Waals surface area (Å²) in [5, 5.41) is 0.237. The molecule has 0 amide bonds. The van der Waals surface area contributed by atoms with Crippen molar-refractivity contribution in [3.63, 3.8) is 0 Å². The molecule has 104 valence electrons. The van der Waals surface area contributed by atoms with Crippen LogP contribution >= 0.6 is 11.6 Å². The van der Waals surface area contributed by atoms with Gasteiger partial charge in [0, 0.05) is 0 Å². The highest BCUT2D eigenvalue weighted by Gasteiger charge is 2.19. The van der Waals surface area contributed by atoms with Crippen LogP contribution in [0.25, 0.3) is 0 Å². The highest BCUT2D eigenvalue weighted by atomic mass is 35.5. The van der Waals surface area contributed by atoms with E-state index in [0.29, 0.717) is 5.75 Å². The van der Waals surface area contributed by atoms with Crippen LogP contribution in [0.2, 0.25) is 5.15 Å². The lowest BCUT2D eigenvalue weighted by molar-refractivity contribution is 0.485. The summed E-state index contributed by atoms with van der Waals surface area (Å²) in [6, 6.07) is 8.19. The zero-order valence-corrected chi connectivity index (χ0v) is 12.1. The molecule has 2 aromatic rings. The van der Waals surface area contributed by atoms with Crippen molar-refractivity contribution in [3.8, 4) is 5.75 Å². The minimum Gasteiger partial charge on any atom is -0.379 e. The Bertz CT molecular complexity index is 742. The summed E-state index contributed by atoms with van der Waals surface area (Å²) in [6.45, 7) is 0. The van der Waals surface area contributed by atoms with Crippen LogP contribution in [0.15, 0.2) is 41.4 Å². The molecule has 0 radical (unpaired) electrons. The van der Waals surface area contributed by atoms with Gasteiger partial charge in [0.15, 0.2) is 0 Å². The van der Waals surface area contributed by atoms with Crippen LogP contribution in [0.4, 0.5) is 0 Å². The third-order valence-corrected chi connectivity index (χ3v) is 4.72. The van der Waals surface area contributed by atoms with Crippen LogP contribution in [0, 0.1) is 0 Å². The second kappa shape index (κ2) is 5.07. The number of nitrogens with zero attached hydrogens (tertiary/aromatic N) is 1. The van der Waals surface area contributed by atoms with Crippen LogP contribution in [0.5, 0.6) is 5.75 Å². The number of benzene rings is 1. The number of pyridine rings is 1. The van der Waals surface area contributed by atoms with Crippen molar-refractivity contribution >= 4 is 21.7 Å². The van der Waals surface area contributed by atoms with Gasteiger partial charge < -0.3 is 4.18 Å². The van der Waals surface area contributed by atoms with E-state index in [1.54, 1.807) is 12.1 Å². The fraction of sp³-hybridized carbons (Fsp3) is 0.214. The Balaban J connectivity index is 1.88. The smallest absolute Gasteiger partial charge is 0.340 e. The van der Waals surface area contributed by atoms with Gasteiger partial charge in [-0.2, -0.15) is 8.42 Å². The van der Waals surface area contributed by atoms with Crippen molar-refractivity contribution < 1.29 is 12.6 Å². The van der Waals surface area contributed by atoms with E-state index in [4.69, 9.17) is 15.8 Å². The first kappa shape index (κ1) is 13.4. The van der Waals surface area contributed by atoms with E-state index in [2.05, 4.69) is 4.98 Å². The molecule has 0 spiro atoms. The fourth-order valence-electron chi connectivity index (χ4n) is 2.28. The summed E-state index contributed by atoms with van der Waals surface area (Å²) in [6.07, 6.45) is 4.30. The number of aryl methyl sites for hydroxylation is 2. The van der Waals surface area contributed by atoms with Crippen molar-refractivity contribution in [1.82, 2.24) is 4.98 Å². The lowest BCUT2D eigenvalue weighted by Crippen LogP contribution is -2.10. The largest absolute Gasteiger partial charge is 0.379 e. The van der Waals surface area contributed by atoms with Crippen molar-refractivity contribution in [2.75, 3.05) is 0 Å². The van der Waals surface area contributed by atoms with E-state index in [1.807, 2.05) is 6.07 Å². The molecule has 1 heterocycles. The van der Waals surface area contributed by atoms with Gasteiger partial charge in [-0.1, -0.05) is 17.7 Å². The maximum absolute atomic E-state index is 12.1. The molecule has 0 fully saturated rings. The zero-order chi connectivity index (χ0) is 14.2. The predicted octanol–water partition coefficient (Wildman–Crippen LogP) is 2.99. The van der Waals surface area contributed by atoms with Gasteiger partial charge >= 0.3 is 10.1 Å². The van der Waals surface area contributed by atoms with Gasteiger partial charge in [0.2, 0.25) is 0 Å². The van der Waals surface area contributed by atoms with Crippen molar-refractivity contribution in [2.45, 2.75) is 24.2 Å². The van der Waals surface area contributed by atoms with Crippen molar-refractivity contribution in [1.29, 1.82) is 0 Å². The van der Waals surface area contributed by atoms with Gasteiger partial charge in [-0.05, 0) is 54.7 Å². The molecule has 0 bridgehead atoms. The zero-order valence-electron chi connectivity index (χ0n) is 10.5. The average molecular weight is 310 g/mol. The summed E-state index contributed by atoms with van der Waals surface area (Å²) < 4.78 is 29.4. The molecule has 0 saturated heterocycles. The molecule has 6 heteroatoms. The van der Waals surface area contributed by atoms with Gasteiger partial charge in [-0.15, -0.1) is 0 Å². The summed E-state index contributed by atoms with van der Waals surface area (Å²) in [7, 11) is -3.87. The summed E-state index contributed by atoms with van der Waals surface area (Å²) in [4.78, 5) is 3.74. The molecule has 1 aliphatic carbocycles. The van der Waals surface area contributed by atoms with Gasteiger partial charge in [0.05, 0.1) is 6.20 Å². The predicted molar refractivity (Wildman–Crippen MR) is 75.5 cm³/mol. The molecule has 0 unspecified atom stereocenters. The van der Waals surface area contributed by atoms with E-state index < -0.39 is 10.1 Å². The molecule has 0 aliphatic heterocycles. The van der Waals surface area contributed by atoms with E-state index in [-0.39, 0.29) is 10.0 Å². The fourth-order valence-corrected chi connectivity index (χ4v) is 3.27. The lowest BCUT2D eigenvalue weighted by atomic mass is 10.1. The second-order valence-corrected chi connectivity index (χ2v) is 6.57. The Morgan fingerprint density at radius 3 is 2.65 bits per heavy atom. The summed E-state index contributed by atoms with van der Waals surface area (Å²) >= 11 is 5.64. The highest BCUT2D eigenvalue weighted by molar-refractivity contribution is 7.87. The Hall–Kier alpha value is -1.59. The van der Waals surface area contributed by atoms with Gasteiger partial charge in [0.25, 0.3) is 0 Å². The topological polar surface area (TPSA) is 56.3 Å². The number of halogens is 1. The molecule has 0 atom stereocenters. The van der Waals surface area contributed by atoms with Crippen LogP contribution in [-0.4, -0.2) is 13.4 Å². The van der Waals surface area contributed by atoms with E-state index in [1.165, 1.54) is 23.9 Å². The maximum atomic E-state index is 12.1. The SMILES string of the molecule is O=S(=O)(Oc1ccc2c(c1)CCC2)c1ccc(Cl)nc1. The Morgan fingerprint density at radius 2 is 1.90 bits per heavy atom. The van der Waals surface area contributed by atoms with Crippen LogP contribution in [0.3, 0.4) is 0 Å². The van der Waals surface area contributed by atoms with Crippen LogP contribution < -0.4 is 4.18 Å². The Labute approximate surface area is 122 Å². The van der Waals surface area contributed by atoms with E-state index in [0.717, 1.165) is 24.8 Å². The molecule has 1 aliphatic rings. The molecule has 20 heavy (non-hydrogen) atoms. The van der Waals surface area contributed by atoms with Gasteiger partial charge in [-0.25, -0.2) is 4.98 Å². The molecule has 1 aromatic carbocycles. The number of hydrogen-bond donors (Lipinski definition) is 0. The maximum Gasteiger partial charge on any atom is 0.340 e. The second-order valence-electron chi connectivity index (χ2n) is 4.64. The third-order valence-electron chi connectivity index (χ3n) is 3.26. The third kappa shape index (κ3) is 2.64. The summed E-state index contributed by atoms with van der Waals surface area (Å²) in [5.41, 5.74) is 2.43. The van der Waals surface area contributed by atoms with Gasteiger partial charge in [0.1, 0.15) is 15.8 Å². The van der Waals surface area contributed by atoms with E-state index >= 15 is 0 Å². The molecule has 4 nitrogen and oxygen atoms in total.